The average Bonchev–Trinajstić information content (AvgIpc) is 3.62. The molecule has 14 heteroatoms. The summed E-state index contributed by atoms with van der Waals surface area (Å²) in [6.07, 6.45) is 1.69. The van der Waals surface area contributed by atoms with Crippen LogP contribution in [0.3, 0.4) is 0 Å². The summed E-state index contributed by atoms with van der Waals surface area (Å²) in [4.78, 5) is 41.1. The number of amides is 2. The molecule has 0 radical (unpaired) electrons. The van der Waals surface area contributed by atoms with Gasteiger partial charge in [0, 0.05) is 12.3 Å². The molecule has 1 aliphatic heterocycles. The predicted molar refractivity (Wildman–Crippen MR) is 166 cm³/mol. The Labute approximate surface area is 256 Å². The van der Waals surface area contributed by atoms with Crippen LogP contribution >= 0.6 is 21.6 Å². The summed E-state index contributed by atoms with van der Waals surface area (Å²) in [5.74, 6) is -0.401. The van der Waals surface area contributed by atoms with Crippen LogP contribution in [-0.4, -0.2) is 67.6 Å². The Morgan fingerprint density at radius 2 is 1.79 bits per heavy atom. The molecule has 2 aromatic carbocycles. The molecule has 1 saturated heterocycles. The number of hydrogen-bond donors (Lipinski definition) is 2. The second kappa shape index (κ2) is 14.2. The smallest absolute Gasteiger partial charge is 0.394 e. The average molecular weight is 625 g/mol. The first-order valence-electron chi connectivity index (χ1n) is 13.6. The zero-order valence-corrected chi connectivity index (χ0v) is 25.5. The van der Waals surface area contributed by atoms with Crippen molar-refractivity contribution >= 4 is 62.1 Å². The van der Waals surface area contributed by atoms with E-state index in [-0.39, 0.29) is 47.5 Å². The summed E-state index contributed by atoms with van der Waals surface area (Å²) in [5.41, 5.74) is 1.65. The number of aromatic nitrogens is 4. The van der Waals surface area contributed by atoms with Crippen LogP contribution in [0, 0.1) is 5.92 Å². The van der Waals surface area contributed by atoms with E-state index in [1.807, 2.05) is 42.7 Å². The number of rotatable bonds is 11. The van der Waals surface area contributed by atoms with Crippen molar-refractivity contribution in [1.29, 1.82) is 0 Å². The van der Waals surface area contributed by atoms with Crippen LogP contribution in [0.5, 0.6) is 5.88 Å². The second-order valence-corrected chi connectivity index (χ2v) is 12.4. The van der Waals surface area contributed by atoms with Gasteiger partial charge in [-0.2, -0.15) is 9.97 Å². The van der Waals surface area contributed by atoms with Gasteiger partial charge in [0.1, 0.15) is 18.3 Å². The first-order chi connectivity index (χ1) is 20.9. The zero-order valence-electron chi connectivity index (χ0n) is 23.8. The molecule has 0 spiro atoms. The van der Waals surface area contributed by atoms with E-state index in [1.54, 1.807) is 64.3 Å². The number of aliphatic hydroxyl groups excluding tert-OH is 1. The van der Waals surface area contributed by atoms with Gasteiger partial charge < -0.3 is 19.3 Å². The maximum Gasteiger partial charge on any atom is 0.425 e. The summed E-state index contributed by atoms with van der Waals surface area (Å²) < 4.78 is 19.6. The second-order valence-electron chi connectivity index (χ2n) is 9.85. The minimum atomic E-state index is -0.731. The van der Waals surface area contributed by atoms with Crippen LogP contribution in [0.15, 0.2) is 67.0 Å². The molecule has 4 aromatic rings. The molecule has 226 valence electrons. The van der Waals surface area contributed by atoms with E-state index < -0.39 is 18.4 Å². The summed E-state index contributed by atoms with van der Waals surface area (Å²) in [6.45, 7) is 3.27. The fourth-order valence-corrected chi connectivity index (χ4v) is 5.28. The van der Waals surface area contributed by atoms with E-state index in [9.17, 15) is 14.7 Å². The first-order valence-corrected chi connectivity index (χ1v) is 16.3. The summed E-state index contributed by atoms with van der Waals surface area (Å²) in [5, 5.41) is 12.6. The van der Waals surface area contributed by atoms with Crippen molar-refractivity contribution in [1.82, 2.24) is 19.5 Å². The number of nitrogens with zero attached hydrogens (tertiary/aromatic N) is 5. The number of benzene rings is 2. The Morgan fingerprint density at radius 1 is 1.12 bits per heavy atom. The lowest BCUT2D eigenvalue weighted by Gasteiger charge is -2.22. The molecule has 2 amide bonds. The lowest BCUT2D eigenvalue weighted by molar-refractivity contribution is -0.118. The molecule has 2 aromatic heterocycles. The molecule has 0 aliphatic carbocycles. The van der Waals surface area contributed by atoms with Crippen molar-refractivity contribution in [3.05, 3.63) is 67.0 Å². The van der Waals surface area contributed by atoms with E-state index in [0.717, 1.165) is 0 Å². The molecule has 2 N–H and O–H groups in total. The molecule has 1 fully saturated rings. The van der Waals surface area contributed by atoms with E-state index in [2.05, 4.69) is 20.3 Å². The van der Waals surface area contributed by atoms with Crippen LogP contribution in [0.2, 0.25) is 0 Å². The van der Waals surface area contributed by atoms with Crippen LogP contribution < -0.4 is 15.0 Å². The molecule has 3 heterocycles. The van der Waals surface area contributed by atoms with Crippen molar-refractivity contribution in [3.8, 4) is 5.88 Å². The lowest BCUT2D eigenvalue weighted by Crippen LogP contribution is -2.29. The van der Waals surface area contributed by atoms with Gasteiger partial charge in [-0.25, -0.2) is 14.7 Å². The van der Waals surface area contributed by atoms with Gasteiger partial charge in [0.25, 0.3) is 5.88 Å². The number of anilines is 3. The van der Waals surface area contributed by atoms with Crippen LogP contribution in [0.4, 0.5) is 22.1 Å². The lowest BCUT2D eigenvalue weighted by atomic mass is 10.2. The summed E-state index contributed by atoms with van der Waals surface area (Å²) >= 11 is 0. The molecule has 0 bridgehead atoms. The number of hydrogen-bond acceptors (Lipinski definition) is 11. The van der Waals surface area contributed by atoms with Crippen molar-refractivity contribution in [3.63, 3.8) is 0 Å². The normalized spacial score (nSPS) is 18.2. The quantitative estimate of drug-likeness (QED) is 0.126. The summed E-state index contributed by atoms with van der Waals surface area (Å²) in [7, 11) is 3.13. The van der Waals surface area contributed by atoms with Gasteiger partial charge in [-0.05, 0) is 30.5 Å². The highest BCUT2D eigenvalue weighted by atomic mass is 33.1. The minimum absolute atomic E-state index is 0.0532. The third-order valence-corrected chi connectivity index (χ3v) is 8.13. The van der Waals surface area contributed by atoms with Gasteiger partial charge in [-0.1, -0.05) is 71.8 Å². The Bertz CT molecular complexity index is 1500. The Hall–Kier alpha value is -3.69. The number of imidazole rings is 1. The highest BCUT2D eigenvalue weighted by molar-refractivity contribution is 8.76. The van der Waals surface area contributed by atoms with E-state index >= 15 is 0 Å². The van der Waals surface area contributed by atoms with Crippen molar-refractivity contribution < 1.29 is 28.9 Å². The van der Waals surface area contributed by atoms with Gasteiger partial charge in [0.05, 0.1) is 30.4 Å². The third-order valence-electron chi connectivity index (χ3n) is 6.66. The van der Waals surface area contributed by atoms with Crippen LogP contribution in [0.1, 0.15) is 26.5 Å². The Balaban J connectivity index is 1.51. The molecule has 0 unspecified atom stereocenters. The van der Waals surface area contributed by atoms with Crippen molar-refractivity contribution in [2.24, 2.45) is 5.92 Å². The van der Waals surface area contributed by atoms with Gasteiger partial charge in [-0.3, -0.25) is 14.7 Å². The highest BCUT2D eigenvalue weighted by Gasteiger charge is 2.38. The monoisotopic (exact) mass is 624 g/mol. The standard InChI is InChI=1S/C29H32N6O6S2/c1-18(2)26(37)32-28-31-25-24(30-16-34(25)23-14-21(22(15-36)40-23)39-17-43-42-3)27(33-28)41-29(38)35(19-10-6-4-7-11-19)20-12-8-5-9-13-20/h4-13,16,18,21-23,36H,14-15,17H2,1-3H3,(H,31,32,33,37)/t21-,22+,23+/m0/s1. The molecule has 1 aliphatic rings. The Morgan fingerprint density at radius 3 is 2.40 bits per heavy atom. The molecular formula is C29H32N6O6S2. The van der Waals surface area contributed by atoms with Gasteiger partial charge >= 0.3 is 6.09 Å². The number of carbonyl (C=O) groups excluding carboxylic acids is 2. The predicted octanol–water partition coefficient (Wildman–Crippen LogP) is 5.39. The fourth-order valence-electron chi connectivity index (χ4n) is 4.50. The molecule has 12 nitrogen and oxygen atoms in total. The number of nitrogens with one attached hydrogen (secondary N) is 1. The van der Waals surface area contributed by atoms with Crippen molar-refractivity contribution in [2.75, 3.05) is 29.0 Å². The minimum Gasteiger partial charge on any atom is -0.394 e. The van der Waals surface area contributed by atoms with Crippen LogP contribution in [0.25, 0.3) is 11.2 Å². The molecule has 3 atom stereocenters. The third kappa shape index (κ3) is 7.11. The largest absolute Gasteiger partial charge is 0.425 e. The molecule has 5 rings (SSSR count). The number of carbonyl (C=O) groups is 2. The van der Waals surface area contributed by atoms with E-state index in [4.69, 9.17) is 14.2 Å². The maximum absolute atomic E-state index is 13.8. The van der Waals surface area contributed by atoms with Crippen LogP contribution in [-0.2, 0) is 14.3 Å². The SMILES string of the molecule is CSSCO[C@H]1C[C@H](n2cnc3c(OC(=O)N(c4ccccc4)c4ccccc4)nc(NC(=O)C(C)C)nc32)O[C@@H]1CO. The molecular weight excluding hydrogens is 592 g/mol. The number of aliphatic hydroxyl groups is 1. The number of ether oxygens (including phenoxy) is 3. The van der Waals surface area contributed by atoms with Crippen molar-refractivity contribution in [2.45, 2.75) is 38.7 Å². The van der Waals surface area contributed by atoms with Gasteiger partial charge in [0.2, 0.25) is 11.9 Å². The molecule has 43 heavy (non-hydrogen) atoms. The maximum atomic E-state index is 13.8. The zero-order chi connectivity index (χ0) is 30.3. The fraction of sp³-hybridized carbons (Fsp3) is 0.345. The Kier molecular flexibility index (Phi) is 10.1. The first kappa shape index (κ1) is 30.8. The van der Waals surface area contributed by atoms with E-state index in [0.29, 0.717) is 23.7 Å². The topological polar surface area (TPSA) is 141 Å². The highest BCUT2D eigenvalue weighted by Crippen LogP contribution is 2.36. The van der Waals surface area contributed by atoms with Gasteiger partial charge in [0.15, 0.2) is 11.2 Å². The van der Waals surface area contributed by atoms with E-state index in [1.165, 1.54) is 11.2 Å². The number of fused-ring (bicyclic) bond motifs is 1. The number of para-hydroxylation sites is 2. The summed E-state index contributed by atoms with van der Waals surface area (Å²) in [6, 6.07) is 18.1. The van der Waals surface area contributed by atoms with Gasteiger partial charge in [-0.15, -0.1) is 0 Å². The molecule has 0 saturated carbocycles.